The molecule has 0 fully saturated rings. The molecule has 0 aromatic carbocycles. The van der Waals surface area contributed by atoms with Crippen molar-refractivity contribution in [2.45, 2.75) is 6.42 Å². The molecule has 1 N–H and O–H groups in total. The summed E-state index contributed by atoms with van der Waals surface area (Å²) in [5, 5.41) is 3.14. The van der Waals surface area contributed by atoms with Gasteiger partial charge >= 0.3 is 0 Å². The predicted octanol–water partition coefficient (Wildman–Crippen LogP) is 1.62. The standard InChI is InChI=1S/C8H7BrN2O/c9-7-6(4-12)3-5-1-2-10-8(5)11-7/h3-4H,1-2H2,(H,10,11). The third-order valence-electron chi connectivity index (χ3n) is 1.90. The van der Waals surface area contributed by atoms with Gasteiger partial charge in [0.1, 0.15) is 10.4 Å². The Morgan fingerprint density at radius 2 is 2.50 bits per heavy atom. The van der Waals surface area contributed by atoms with Crippen LogP contribution in [0.2, 0.25) is 0 Å². The molecule has 0 unspecified atom stereocenters. The highest BCUT2D eigenvalue weighted by Crippen LogP contribution is 2.24. The molecule has 0 aliphatic carbocycles. The molecule has 1 aliphatic heterocycles. The number of anilines is 1. The monoisotopic (exact) mass is 226 g/mol. The first-order valence-corrected chi connectivity index (χ1v) is 4.49. The molecule has 3 nitrogen and oxygen atoms in total. The van der Waals surface area contributed by atoms with Crippen molar-refractivity contribution in [3.63, 3.8) is 0 Å². The van der Waals surface area contributed by atoms with Crippen molar-refractivity contribution >= 4 is 28.0 Å². The zero-order valence-corrected chi connectivity index (χ0v) is 7.89. The van der Waals surface area contributed by atoms with Gasteiger partial charge in [0.2, 0.25) is 0 Å². The van der Waals surface area contributed by atoms with Gasteiger partial charge in [0.05, 0.1) is 0 Å². The van der Waals surface area contributed by atoms with Gasteiger partial charge in [-0.25, -0.2) is 4.98 Å². The summed E-state index contributed by atoms with van der Waals surface area (Å²) >= 11 is 3.23. The number of aromatic nitrogens is 1. The maximum atomic E-state index is 10.5. The maximum absolute atomic E-state index is 10.5. The average Bonchev–Trinajstić information content (AvgIpc) is 2.49. The number of carbonyl (C=O) groups is 1. The molecule has 0 saturated heterocycles. The second kappa shape index (κ2) is 2.86. The normalized spacial score (nSPS) is 13.8. The summed E-state index contributed by atoms with van der Waals surface area (Å²) < 4.78 is 0.616. The molecule has 12 heavy (non-hydrogen) atoms. The van der Waals surface area contributed by atoms with E-state index in [-0.39, 0.29) is 0 Å². The first-order valence-electron chi connectivity index (χ1n) is 3.70. The Hall–Kier alpha value is -0.900. The van der Waals surface area contributed by atoms with E-state index in [1.54, 1.807) is 0 Å². The molecular formula is C8H7BrN2O. The topological polar surface area (TPSA) is 42.0 Å². The van der Waals surface area contributed by atoms with Crippen molar-refractivity contribution in [2.24, 2.45) is 0 Å². The van der Waals surface area contributed by atoms with Crippen LogP contribution in [0.25, 0.3) is 0 Å². The fourth-order valence-electron chi connectivity index (χ4n) is 1.29. The van der Waals surface area contributed by atoms with Gasteiger partial charge in [-0.15, -0.1) is 0 Å². The highest BCUT2D eigenvalue weighted by atomic mass is 79.9. The number of rotatable bonds is 1. The van der Waals surface area contributed by atoms with E-state index in [1.807, 2.05) is 6.07 Å². The molecule has 1 aromatic heterocycles. The molecule has 0 saturated carbocycles. The van der Waals surface area contributed by atoms with Gasteiger partial charge in [0, 0.05) is 12.1 Å². The Morgan fingerprint density at radius 1 is 1.67 bits per heavy atom. The van der Waals surface area contributed by atoms with Crippen molar-refractivity contribution in [3.05, 3.63) is 21.8 Å². The molecule has 1 aromatic rings. The van der Waals surface area contributed by atoms with E-state index in [2.05, 4.69) is 26.2 Å². The van der Waals surface area contributed by atoms with Gasteiger partial charge in [0.15, 0.2) is 6.29 Å². The number of pyridine rings is 1. The Balaban J connectivity index is 2.56. The average molecular weight is 227 g/mol. The lowest BCUT2D eigenvalue weighted by Crippen LogP contribution is -1.94. The molecule has 0 radical (unpaired) electrons. The summed E-state index contributed by atoms with van der Waals surface area (Å²) in [6.45, 7) is 0.914. The first-order chi connectivity index (χ1) is 5.81. The van der Waals surface area contributed by atoms with Gasteiger partial charge in [-0.2, -0.15) is 0 Å². The van der Waals surface area contributed by atoms with Crippen molar-refractivity contribution < 1.29 is 4.79 Å². The second-order valence-corrected chi connectivity index (χ2v) is 3.42. The molecule has 0 amide bonds. The molecule has 0 atom stereocenters. The number of nitrogens with zero attached hydrogens (tertiary/aromatic N) is 1. The smallest absolute Gasteiger partial charge is 0.152 e. The number of hydrogen-bond donors (Lipinski definition) is 1. The Bertz CT molecular complexity index is 338. The Kier molecular flexibility index (Phi) is 1.84. The lowest BCUT2D eigenvalue weighted by Gasteiger charge is -2.00. The van der Waals surface area contributed by atoms with Gasteiger partial charge in [-0.1, -0.05) is 0 Å². The minimum absolute atomic E-state index is 0.616. The second-order valence-electron chi connectivity index (χ2n) is 2.67. The summed E-state index contributed by atoms with van der Waals surface area (Å²) in [6.07, 6.45) is 1.77. The van der Waals surface area contributed by atoms with E-state index in [0.29, 0.717) is 10.2 Å². The van der Waals surface area contributed by atoms with Crippen LogP contribution in [0.15, 0.2) is 10.7 Å². The first kappa shape index (κ1) is 7.73. The molecule has 4 heteroatoms. The molecule has 2 heterocycles. The maximum Gasteiger partial charge on any atom is 0.152 e. The van der Waals surface area contributed by atoms with Crippen LogP contribution >= 0.6 is 15.9 Å². The zero-order valence-electron chi connectivity index (χ0n) is 6.30. The molecular weight excluding hydrogens is 220 g/mol. The lowest BCUT2D eigenvalue weighted by molar-refractivity contribution is 0.112. The summed E-state index contributed by atoms with van der Waals surface area (Å²) in [5.74, 6) is 0.896. The van der Waals surface area contributed by atoms with Crippen LogP contribution in [0.1, 0.15) is 15.9 Å². The van der Waals surface area contributed by atoms with E-state index in [4.69, 9.17) is 0 Å². The Morgan fingerprint density at radius 3 is 3.25 bits per heavy atom. The van der Waals surface area contributed by atoms with Crippen molar-refractivity contribution in [3.8, 4) is 0 Å². The summed E-state index contributed by atoms with van der Waals surface area (Å²) in [7, 11) is 0. The number of hydrogen-bond acceptors (Lipinski definition) is 3. The third-order valence-corrected chi connectivity index (χ3v) is 2.53. The van der Waals surface area contributed by atoms with Crippen LogP contribution in [-0.2, 0) is 6.42 Å². The van der Waals surface area contributed by atoms with Gasteiger partial charge in [-0.05, 0) is 34.0 Å². The predicted molar refractivity (Wildman–Crippen MR) is 49.5 cm³/mol. The van der Waals surface area contributed by atoms with Crippen LogP contribution in [0.3, 0.4) is 0 Å². The number of carbonyl (C=O) groups excluding carboxylic acids is 1. The largest absolute Gasteiger partial charge is 0.369 e. The molecule has 1 aliphatic rings. The molecule has 62 valence electrons. The van der Waals surface area contributed by atoms with Crippen LogP contribution in [-0.4, -0.2) is 17.8 Å². The van der Waals surface area contributed by atoms with Crippen molar-refractivity contribution in [2.75, 3.05) is 11.9 Å². The zero-order chi connectivity index (χ0) is 8.55. The number of fused-ring (bicyclic) bond motifs is 1. The highest BCUT2D eigenvalue weighted by molar-refractivity contribution is 9.10. The van der Waals surface area contributed by atoms with Gasteiger partial charge < -0.3 is 5.32 Å². The fourth-order valence-corrected chi connectivity index (χ4v) is 1.68. The van der Waals surface area contributed by atoms with Gasteiger partial charge in [0.25, 0.3) is 0 Å². The van der Waals surface area contributed by atoms with Crippen LogP contribution in [0.5, 0.6) is 0 Å². The minimum atomic E-state index is 0.616. The highest BCUT2D eigenvalue weighted by Gasteiger charge is 2.13. The number of nitrogens with one attached hydrogen (secondary N) is 1. The van der Waals surface area contributed by atoms with E-state index >= 15 is 0 Å². The van der Waals surface area contributed by atoms with Gasteiger partial charge in [-0.3, -0.25) is 4.79 Å². The molecule has 2 rings (SSSR count). The van der Waals surface area contributed by atoms with Crippen LogP contribution in [0.4, 0.5) is 5.82 Å². The summed E-state index contributed by atoms with van der Waals surface area (Å²) in [6, 6.07) is 1.87. The third kappa shape index (κ3) is 1.12. The minimum Gasteiger partial charge on any atom is -0.369 e. The summed E-state index contributed by atoms with van der Waals surface area (Å²) in [5.41, 5.74) is 1.75. The molecule has 0 bridgehead atoms. The van der Waals surface area contributed by atoms with E-state index in [1.165, 1.54) is 0 Å². The van der Waals surface area contributed by atoms with E-state index < -0.39 is 0 Å². The quantitative estimate of drug-likeness (QED) is 0.585. The van der Waals surface area contributed by atoms with Crippen molar-refractivity contribution in [1.29, 1.82) is 0 Å². The van der Waals surface area contributed by atoms with Crippen LogP contribution in [0, 0.1) is 0 Å². The van der Waals surface area contributed by atoms with Crippen molar-refractivity contribution in [1.82, 2.24) is 4.98 Å². The van der Waals surface area contributed by atoms with E-state index in [9.17, 15) is 4.79 Å². The SMILES string of the molecule is O=Cc1cc2c(nc1Br)NCC2. The lowest BCUT2D eigenvalue weighted by atomic mass is 10.2. The molecule has 0 spiro atoms. The fraction of sp³-hybridized carbons (Fsp3) is 0.250. The Labute approximate surface area is 78.3 Å². The summed E-state index contributed by atoms with van der Waals surface area (Å²) in [4.78, 5) is 14.7. The number of aldehydes is 1. The van der Waals surface area contributed by atoms with Crippen LogP contribution < -0.4 is 5.32 Å². The number of halogens is 1. The van der Waals surface area contributed by atoms with E-state index in [0.717, 1.165) is 30.6 Å².